The highest BCUT2D eigenvalue weighted by molar-refractivity contribution is 9.10. The molecule has 0 saturated carbocycles. The summed E-state index contributed by atoms with van der Waals surface area (Å²) in [5.41, 5.74) is 0.0998. The fourth-order valence-corrected chi connectivity index (χ4v) is 4.27. The van der Waals surface area contributed by atoms with Crippen molar-refractivity contribution in [3.05, 3.63) is 57.0 Å². The van der Waals surface area contributed by atoms with Crippen LogP contribution < -0.4 is 4.31 Å². The van der Waals surface area contributed by atoms with E-state index in [2.05, 4.69) is 15.9 Å². The summed E-state index contributed by atoms with van der Waals surface area (Å²) in [7, 11) is -4.07. The van der Waals surface area contributed by atoms with Crippen molar-refractivity contribution in [2.75, 3.05) is 10.8 Å². The Balaban J connectivity index is 2.54. The van der Waals surface area contributed by atoms with E-state index in [1.807, 2.05) is 0 Å². The fraction of sp³-hybridized carbons (Fsp3) is 0.235. The fourth-order valence-electron chi connectivity index (χ4n) is 2.14. The molecule has 5 nitrogen and oxygen atoms in total. The lowest BCUT2D eigenvalue weighted by Gasteiger charge is -2.25. The molecule has 0 aliphatic heterocycles. The van der Waals surface area contributed by atoms with Crippen molar-refractivity contribution in [2.24, 2.45) is 0 Å². The smallest absolute Gasteiger partial charge is 0.327 e. The molecule has 0 aliphatic rings. The van der Waals surface area contributed by atoms with E-state index in [9.17, 15) is 13.2 Å². The van der Waals surface area contributed by atoms with Gasteiger partial charge in [-0.1, -0.05) is 45.2 Å². The van der Waals surface area contributed by atoms with Crippen molar-refractivity contribution < 1.29 is 17.9 Å². The van der Waals surface area contributed by atoms with E-state index in [1.54, 1.807) is 32.0 Å². The summed E-state index contributed by atoms with van der Waals surface area (Å²) in [6.07, 6.45) is -0.380. The second-order valence-electron chi connectivity index (χ2n) is 5.58. The van der Waals surface area contributed by atoms with E-state index in [-0.39, 0.29) is 26.7 Å². The highest BCUT2D eigenvalue weighted by Crippen LogP contribution is 2.35. The van der Waals surface area contributed by atoms with Crippen LogP contribution in [0.1, 0.15) is 13.8 Å². The summed E-state index contributed by atoms with van der Waals surface area (Å²) in [5, 5.41) is 0.213. The van der Waals surface area contributed by atoms with Gasteiger partial charge in [-0.3, -0.25) is 9.10 Å². The number of rotatable bonds is 6. The van der Waals surface area contributed by atoms with Crippen LogP contribution in [-0.4, -0.2) is 27.0 Å². The van der Waals surface area contributed by atoms with Crippen LogP contribution in [0.15, 0.2) is 51.8 Å². The molecule has 0 atom stereocenters. The zero-order valence-electron chi connectivity index (χ0n) is 13.9. The Morgan fingerprint density at radius 2 is 1.77 bits per heavy atom. The van der Waals surface area contributed by atoms with Gasteiger partial charge in [-0.2, -0.15) is 0 Å². The van der Waals surface area contributed by atoms with Crippen molar-refractivity contribution in [2.45, 2.75) is 24.8 Å². The van der Waals surface area contributed by atoms with Gasteiger partial charge in [0.05, 0.1) is 26.7 Å². The first kappa shape index (κ1) is 21.0. The van der Waals surface area contributed by atoms with Gasteiger partial charge in [0.2, 0.25) is 0 Å². The van der Waals surface area contributed by atoms with Gasteiger partial charge >= 0.3 is 5.97 Å². The first-order chi connectivity index (χ1) is 12.1. The Morgan fingerprint density at radius 1 is 1.15 bits per heavy atom. The van der Waals surface area contributed by atoms with Crippen LogP contribution in [0.5, 0.6) is 0 Å². The number of hydrogen-bond acceptors (Lipinski definition) is 4. The minimum absolute atomic E-state index is 0.00842. The van der Waals surface area contributed by atoms with Gasteiger partial charge < -0.3 is 4.74 Å². The van der Waals surface area contributed by atoms with Crippen LogP contribution in [0.4, 0.5) is 5.69 Å². The minimum Gasteiger partial charge on any atom is -0.462 e. The topological polar surface area (TPSA) is 63.7 Å². The van der Waals surface area contributed by atoms with E-state index in [0.717, 1.165) is 8.78 Å². The van der Waals surface area contributed by atoms with Crippen LogP contribution in [0, 0.1) is 0 Å². The number of ether oxygens (including phenoxy) is 1. The maximum atomic E-state index is 13.1. The van der Waals surface area contributed by atoms with Crippen molar-refractivity contribution in [3.8, 4) is 0 Å². The van der Waals surface area contributed by atoms with E-state index in [4.69, 9.17) is 27.9 Å². The van der Waals surface area contributed by atoms with Gasteiger partial charge in [0.25, 0.3) is 10.0 Å². The quantitative estimate of drug-likeness (QED) is 0.551. The minimum atomic E-state index is -4.07. The molecule has 0 heterocycles. The first-order valence-corrected chi connectivity index (χ1v) is 10.5. The maximum Gasteiger partial charge on any atom is 0.327 e. The molecule has 0 aliphatic carbocycles. The molecule has 0 aromatic heterocycles. The highest BCUT2D eigenvalue weighted by atomic mass is 79.9. The van der Waals surface area contributed by atoms with E-state index in [0.29, 0.717) is 0 Å². The number of hydrogen-bond donors (Lipinski definition) is 0. The van der Waals surface area contributed by atoms with Crippen LogP contribution in [0.25, 0.3) is 0 Å². The molecule has 2 rings (SSSR count). The predicted octanol–water partition coefficient (Wildman–Crippen LogP) is 4.90. The third-order valence-electron chi connectivity index (χ3n) is 3.24. The summed E-state index contributed by atoms with van der Waals surface area (Å²) >= 11 is 15.5. The third-order valence-corrected chi connectivity index (χ3v) is 6.35. The second kappa shape index (κ2) is 8.61. The SMILES string of the molecule is CC(C)OC(=O)CN(c1cccc(Cl)c1Cl)S(=O)(=O)c1ccc(Br)cc1. The monoisotopic (exact) mass is 479 g/mol. The van der Waals surface area contributed by atoms with Crippen molar-refractivity contribution >= 4 is 60.8 Å². The van der Waals surface area contributed by atoms with E-state index < -0.39 is 22.5 Å². The molecule has 140 valence electrons. The average Bonchev–Trinajstić information content (AvgIpc) is 2.55. The zero-order valence-corrected chi connectivity index (χ0v) is 17.9. The zero-order chi connectivity index (χ0) is 19.5. The number of carbonyl (C=O) groups excluding carboxylic acids is 1. The second-order valence-corrected chi connectivity index (χ2v) is 9.14. The molecular weight excluding hydrogens is 465 g/mol. The molecule has 0 fully saturated rings. The summed E-state index contributed by atoms with van der Waals surface area (Å²) in [6.45, 7) is 2.83. The van der Waals surface area contributed by atoms with Gasteiger partial charge in [0, 0.05) is 4.47 Å². The molecule has 0 saturated heterocycles. The number of benzene rings is 2. The summed E-state index contributed by atoms with van der Waals surface area (Å²) in [5.74, 6) is -0.697. The number of carbonyl (C=O) groups is 1. The molecule has 2 aromatic carbocycles. The lowest BCUT2D eigenvalue weighted by Crippen LogP contribution is -2.37. The van der Waals surface area contributed by atoms with E-state index >= 15 is 0 Å². The van der Waals surface area contributed by atoms with Crippen LogP contribution in [0.3, 0.4) is 0 Å². The predicted molar refractivity (Wildman–Crippen MR) is 106 cm³/mol. The first-order valence-electron chi connectivity index (χ1n) is 7.54. The molecule has 0 bridgehead atoms. The van der Waals surface area contributed by atoms with Crippen LogP contribution >= 0.6 is 39.1 Å². The van der Waals surface area contributed by atoms with Crippen LogP contribution in [-0.2, 0) is 19.6 Å². The third kappa shape index (κ3) is 4.91. The standard InChI is InChI=1S/C17H16BrCl2NO4S/c1-11(2)25-16(22)10-21(15-5-3-4-14(19)17(15)20)26(23,24)13-8-6-12(18)7-9-13/h3-9,11H,10H2,1-2H3. The van der Waals surface area contributed by atoms with Gasteiger partial charge in [0.15, 0.2) is 0 Å². The molecule has 26 heavy (non-hydrogen) atoms. The van der Waals surface area contributed by atoms with Gasteiger partial charge in [-0.15, -0.1) is 0 Å². The number of esters is 1. The molecular formula is C17H16BrCl2NO4S. The lowest BCUT2D eigenvalue weighted by atomic mass is 10.3. The van der Waals surface area contributed by atoms with Crippen molar-refractivity contribution in [3.63, 3.8) is 0 Å². The van der Waals surface area contributed by atoms with E-state index in [1.165, 1.54) is 24.3 Å². The van der Waals surface area contributed by atoms with Gasteiger partial charge in [0.1, 0.15) is 6.54 Å². The van der Waals surface area contributed by atoms with Gasteiger partial charge in [-0.25, -0.2) is 8.42 Å². The Labute approximate surface area is 171 Å². The maximum absolute atomic E-state index is 13.1. The summed E-state index contributed by atoms with van der Waals surface area (Å²) in [4.78, 5) is 12.2. The molecule has 9 heteroatoms. The molecule has 2 aromatic rings. The Kier molecular flexibility index (Phi) is 6.96. The average molecular weight is 481 g/mol. The number of nitrogens with zero attached hydrogens (tertiary/aromatic N) is 1. The summed E-state index contributed by atoms with van der Waals surface area (Å²) in [6, 6.07) is 10.6. The molecule has 0 spiro atoms. The molecule has 0 unspecified atom stereocenters. The molecule has 0 amide bonds. The Hall–Kier alpha value is -1.28. The van der Waals surface area contributed by atoms with Crippen molar-refractivity contribution in [1.29, 1.82) is 0 Å². The lowest BCUT2D eigenvalue weighted by molar-refractivity contribution is -0.145. The largest absolute Gasteiger partial charge is 0.462 e. The number of halogens is 3. The molecule has 0 radical (unpaired) electrons. The summed E-state index contributed by atoms with van der Waals surface area (Å²) < 4.78 is 33.0. The highest BCUT2D eigenvalue weighted by Gasteiger charge is 2.30. The number of sulfonamides is 1. The normalized spacial score (nSPS) is 11.5. The Bertz CT molecular complexity index is 901. The van der Waals surface area contributed by atoms with Crippen molar-refractivity contribution in [1.82, 2.24) is 0 Å². The molecule has 0 N–H and O–H groups in total. The number of anilines is 1. The Morgan fingerprint density at radius 3 is 2.35 bits per heavy atom. The van der Waals surface area contributed by atoms with Gasteiger partial charge in [-0.05, 0) is 50.2 Å². The van der Waals surface area contributed by atoms with Crippen LogP contribution in [0.2, 0.25) is 10.0 Å².